The minimum absolute atomic E-state index is 0.608. The van der Waals surface area contributed by atoms with Crippen molar-refractivity contribution in [1.29, 1.82) is 0 Å². The lowest BCUT2D eigenvalue weighted by Gasteiger charge is -1.83. The van der Waals surface area contributed by atoms with E-state index in [-0.39, 0.29) is 0 Å². The van der Waals surface area contributed by atoms with E-state index in [1.807, 2.05) is 28.8 Å². The van der Waals surface area contributed by atoms with Gasteiger partial charge in [0.2, 0.25) is 5.89 Å². The first-order valence-electron chi connectivity index (χ1n) is 2.29. The van der Waals surface area contributed by atoms with Gasteiger partial charge in [-0.2, -0.15) is 11.8 Å². The molecule has 0 unspecified atom stereocenters. The molecule has 0 aliphatic rings. The first-order chi connectivity index (χ1) is 4.33. The molecule has 0 amide bonds. The van der Waals surface area contributed by atoms with Gasteiger partial charge in [-0.1, -0.05) is 0 Å². The number of halogens is 1. The van der Waals surface area contributed by atoms with Crippen molar-refractivity contribution in [1.82, 2.24) is 10.2 Å². The van der Waals surface area contributed by atoms with Gasteiger partial charge in [0, 0.05) is 22.6 Å². The zero-order valence-electron chi connectivity index (χ0n) is 4.80. The van der Waals surface area contributed by atoms with Crippen molar-refractivity contribution in [2.45, 2.75) is 5.75 Å². The van der Waals surface area contributed by atoms with E-state index in [1.54, 1.807) is 11.8 Å². The monoisotopic (exact) mass is 256 g/mol. The second kappa shape index (κ2) is 3.40. The zero-order chi connectivity index (χ0) is 6.69. The SMILES string of the molecule is CSCc1nnc(I)o1. The summed E-state index contributed by atoms with van der Waals surface area (Å²) in [4.78, 5) is 0. The van der Waals surface area contributed by atoms with Crippen LogP contribution in [0.3, 0.4) is 0 Å². The molecule has 50 valence electrons. The van der Waals surface area contributed by atoms with Crippen molar-refractivity contribution >= 4 is 34.4 Å². The molecule has 9 heavy (non-hydrogen) atoms. The maximum absolute atomic E-state index is 5.07. The van der Waals surface area contributed by atoms with Gasteiger partial charge >= 0.3 is 0 Å². The number of hydrogen-bond donors (Lipinski definition) is 0. The van der Waals surface area contributed by atoms with Gasteiger partial charge in [0.05, 0.1) is 5.75 Å². The number of nitrogens with zero attached hydrogens (tertiary/aromatic N) is 2. The smallest absolute Gasteiger partial charge is 0.278 e. The lowest BCUT2D eigenvalue weighted by Crippen LogP contribution is -1.76. The molecule has 0 aromatic carbocycles. The zero-order valence-corrected chi connectivity index (χ0v) is 7.77. The van der Waals surface area contributed by atoms with Gasteiger partial charge in [0.25, 0.3) is 3.90 Å². The van der Waals surface area contributed by atoms with Crippen LogP contribution < -0.4 is 0 Å². The highest BCUT2D eigenvalue weighted by atomic mass is 127. The molecule has 0 aliphatic carbocycles. The molecule has 1 aromatic heterocycles. The standard InChI is InChI=1S/C4H5IN2OS/c1-9-2-3-6-7-4(5)8-3/h2H2,1H3. The highest BCUT2D eigenvalue weighted by Crippen LogP contribution is 2.08. The van der Waals surface area contributed by atoms with Crippen LogP contribution >= 0.6 is 34.4 Å². The maximum Gasteiger partial charge on any atom is 0.278 e. The fourth-order valence-electron chi connectivity index (χ4n) is 0.415. The van der Waals surface area contributed by atoms with Crippen molar-refractivity contribution in [2.24, 2.45) is 0 Å². The maximum atomic E-state index is 5.07. The molecule has 1 heterocycles. The number of aromatic nitrogens is 2. The van der Waals surface area contributed by atoms with Crippen LogP contribution in [0.5, 0.6) is 0 Å². The Hall–Kier alpha value is 0.220. The first kappa shape index (κ1) is 7.33. The summed E-state index contributed by atoms with van der Waals surface area (Å²) in [6.45, 7) is 0. The van der Waals surface area contributed by atoms with Crippen LogP contribution in [-0.2, 0) is 5.75 Å². The van der Waals surface area contributed by atoms with E-state index >= 15 is 0 Å². The molecule has 0 atom stereocenters. The number of rotatable bonds is 2. The molecule has 3 nitrogen and oxygen atoms in total. The molecule has 5 heteroatoms. The molecule has 0 radical (unpaired) electrons. The molecule has 0 saturated heterocycles. The second-order valence-corrected chi connectivity index (χ2v) is 3.17. The average molecular weight is 256 g/mol. The van der Waals surface area contributed by atoms with E-state index in [4.69, 9.17) is 4.42 Å². The van der Waals surface area contributed by atoms with Crippen LogP contribution in [0.1, 0.15) is 5.89 Å². The molecular formula is C4H5IN2OS. The molecular weight excluding hydrogens is 251 g/mol. The van der Waals surface area contributed by atoms with E-state index in [0.717, 1.165) is 5.75 Å². The summed E-state index contributed by atoms with van der Waals surface area (Å²) in [5, 5.41) is 7.45. The van der Waals surface area contributed by atoms with Crippen LogP contribution in [0.2, 0.25) is 0 Å². The predicted octanol–water partition coefficient (Wildman–Crippen LogP) is 1.54. The quantitative estimate of drug-likeness (QED) is 0.752. The molecule has 1 aromatic rings. The summed E-state index contributed by atoms with van der Waals surface area (Å²) < 4.78 is 5.68. The van der Waals surface area contributed by atoms with Gasteiger partial charge in [-0.15, -0.1) is 10.2 Å². The van der Waals surface area contributed by atoms with E-state index < -0.39 is 0 Å². The minimum atomic E-state index is 0.608. The Morgan fingerprint density at radius 1 is 1.67 bits per heavy atom. The minimum Gasteiger partial charge on any atom is -0.416 e. The average Bonchev–Trinajstić information content (AvgIpc) is 2.17. The van der Waals surface area contributed by atoms with E-state index in [1.165, 1.54) is 0 Å². The van der Waals surface area contributed by atoms with E-state index in [9.17, 15) is 0 Å². The Bertz CT molecular complexity index is 190. The summed E-state index contributed by atoms with van der Waals surface area (Å²) in [7, 11) is 0. The molecule has 1 rings (SSSR count). The summed E-state index contributed by atoms with van der Waals surface area (Å²) in [6, 6.07) is 0. The largest absolute Gasteiger partial charge is 0.416 e. The van der Waals surface area contributed by atoms with Crippen LogP contribution in [0, 0.1) is 3.90 Å². The van der Waals surface area contributed by atoms with Crippen LogP contribution in [-0.4, -0.2) is 16.5 Å². The molecule has 0 N–H and O–H groups in total. The van der Waals surface area contributed by atoms with Crippen LogP contribution in [0.4, 0.5) is 0 Å². The van der Waals surface area contributed by atoms with Gasteiger partial charge < -0.3 is 4.42 Å². The third-order valence-electron chi connectivity index (χ3n) is 0.710. The van der Waals surface area contributed by atoms with Crippen molar-refractivity contribution in [3.05, 3.63) is 9.79 Å². The van der Waals surface area contributed by atoms with E-state index in [0.29, 0.717) is 9.79 Å². The lowest BCUT2D eigenvalue weighted by atomic mass is 10.8. The van der Waals surface area contributed by atoms with Gasteiger partial charge in [-0.3, -0.25) is 0 Å². The first-order valence-corrected chi connectivity index (χ1v) is 4.77. The summed E-state index contributed by atoms with van der Waals surface area (Å²) in [6.07, 6.45) is 2.00. The summed E-state index contributed by atoms with van der Waals surface area (Å²) in [5.41, 5.74) is 0. The third-order valence-corrected chi connectivity index (χ3v) is 1.68. The van der Waals surface area contributed by atoms with Crippen molar-refractivity contribution < 1.29 is 4.42 Å². The number of thioether (sulfide) groups is 1. The predicted molar refractivity (Wildman–Crippen MR) is 44.2 cm³/mol. The highest BCUT2D eigenvalue weighted by Gasteiger charge is 1.99. The van der Waals surface area contributed by atoms with Gasteiger partial charge in [-0.25, -0.2) is 0 Å². The van der Waals surface area contributed by atoms with Crippen LogP contribution in [0.15, 0.2) is 4.42 Å². The summed E-state index contributed by atoms with van der Waals surface area (Å²) in [5.74, 6) is 1.50. The Kier molecular flexibility index (Phi) is 2.77. The fraction of sp³-hybridized carbons (Fsp3) is 0.500. The second-order valence-electron chi connectivity index (χ2n) is 1.38. The molecule has 0 bridgehead atoms. The number of hydrogen-bond acceptors (Lipinski definition) is 4. The van der Waals surface area contributed by atoms with Crippen LogP contribution in [0.25, 0.3) is 0 Å². The Labute approximate surface area is 70.7 Å². The molecule has 0 fully saturated rings. The van der Waals surface area contributed by atoms with E-state index in [2.05, 4.69) is 10.2 Å². The molecule has 0 spiro atoms. The van der Waals surface area contributed by atoms with Crippen molar-refractivity contribution in [3.8, 4) is 0 Å². The highest BCUT2D eigenvalue weighted by molar-refractivity contribution is 14.1. The van der Waals surface area contributed by atoms with Crippen molar-refractivity contribution in [3.63, 3.8) is 0 Å². The fourth-order valence-corrected chi connectivity index (χ4v) is 1.14. The normalized spacial score (nSPS) is 10.0. The molecule has 0 aliphatic heterocycles. The Balaban J connectivity index is 2.61. The lowest BCUT2D eigenvalue weighted by molar-refractivity contribution is 0.488. The molecule has 0 saturated carbocycles. The third kappa shape index (κ3) is 2.13. The Morgan fingerprint density at radius 2 is 2.44 bits per heavy atom. The van der Waals surface area contributed by atoms with Gasteiger partial charge in [-0.05, 0) is 6.26 Å². The van der Waals surface area contributed by atoms with Crippen molar-refractivity contribution in [2.75, 3.05) is 6.26 Å². The van der Waals surface area contributed by atoms with Gasteiger partial charge in [0.15, 0.2) is 0 Å². The van der Waals surface area contributed by atoms with Gasteiger partial charge in [0.1, 0.15) is 0 Å². The topological polar surface area (TPSA) is 38.9 Å². The Morgan fingerprint density at radius 3 is 2.89 bits per heavy atom. The summed E-state index contributed by atoms with van der Waals surface area (Å²) >= 11 is 3.66.